The van der Waals surface area contributed by atoms with Gasteiger partial charge in [0.2, 0.25) is 0 Å². The lowest BCUT2D eigenvalue weighted by Gasteiger charge is -2.35. The first kappa shape index (κ1) is 20.9. The van der Waals surface area contributed by atoms with Crippen LogP contribution < -0.4 is 10.8 Å². The largest absolute Gasteiger partial charge is 0.299 e. The van der Waals surface area contributed by atoms with Crippen LogP contribution in [0.5, 0.6) is 0 Å². The number of halogens is 3. The maximum absolute atomic E-state index is 14.6. The molecule has 28 heavy (non-hydrogen) atoms. The summed E-state index contributed by atoms with van der Waals surface area (Å²) in [5.41, 5.74) is 1.34. The first-order chi connectivity index (χ1) is 13.3. The zero-order valence-corrected chi connectivity index (χ0v) is 16.4. The monoisotopic (exact) mass is 428 g/mol. The van der Waals surface area contributed by atoms with Crippen LogP contribution in [-0.2, 0) is 22.1 Å². The van der Waals surface area contributed by atoms with Crippen LogP contribution in [0.15, 0.2) is 36.4 Å². The normalized spacial score (nSPS) is 22.1. The van der Waals surface area contributed by atoms with Crippen molar-refractivity contribution in [1.82, 2.24) is 10.8 Å². The topological polar surface area (TPSA) is 78.4 Å². The fourth-order valence-corrected chi connectivity index (χ4v) is 4.78. The fraction of sp³-hybridized carbons (Fsp3) is 0.316. The highest BCUT2D eigenvalue weighted by Crippen LogP contribution is 2.29. The Morgan fingerprint density at radius 3 is 2.29 bits per heavy atom. The van der Waals surface area contributed by atoms with E-state index in [1.165, 1.54) is 24.3 Å². The molecule has 0 aromatic heterocycles. The van der Waals surface area contributed by atoms with E-state index in [-0.39, 0.29) is 22.7 Å². The molecular formula is C19H19ClF2N2O3S. The van der Waals surface area contributed by atoms with Crippen LogP contribution in [0.2, 0.25) is 5.02 Å². The van der Waals surface area contributed by atoms with Crippen molar-refractivity contribution in [2.24, 2.45) is 0 Å². The number of carbonyl (C=O) groups is 1. The van der Waals surface area contributed by atoms with Crippen LogP contribution in [0.3, 0.4) is 0 Å². The molecular weight excluding hydrogens is 410 g/mol. The van der Waals surface area contributed by atoms with Gasteiger partial charge in [-0.05, 0) is 42.7 Å². The molecule has 0 bridgehead atoms. The molecule has 2 aromatic rings. The van der Waals surface area contributed by atoms with Crippen molar-refractivity contribution in [3.05, 3.63) is 58.6 Å². The summed E-state index contributed by atoms with van der Waals surface area (Å²) in [5, 5.41) is 12.3. The molecule has 0 unspecified atom stereocenters. The lowest BCUT2D eigenvalue weighted by Crippen LogP contribution is -2.59. The zero-order valence-electron chi connectivity index (χ0n) is 14.8. The molecule has 3 N–H and O–H groups in total. The van der Waals surface area contributed by atoms with Gasteiger partial charge < -0.3 is 0 Å². The van der Waals surface area contributed by atoms with Crippen LogP contribution in [0.1, 0.15) is 18.4 Å². The number of hydrogen-bond acceptors (Lipinski definition) is 4. The Balaban J connectivity index is 1.78. The minimum atomic E-state index is -1.07. The fourth-order valence-electron chi connectivity index (χ4n) is 3.26. The lowest BCUT2D eigenvalue weighted by atomic mass is 9.91. The second-order valence-electron chi connectivity index (χ2n) is 6.66. The predicted octanol–water partition coefficient (Wildman–Crippen LogP) is 3.16. The van der Waals surface area contributed by atoms with E-state index in [1.54, 1.807) is 11.5 Å². The Bertz CT molecular complexity index is 916. The van der Waals surface area contributed by atoms with Crippen molar-refractivity contribution in [2.75, 3.05) is 11.5 Å². The zero-order chi connectivity index (χ0) is 20.3. The first-order valence-corrected chi connectivity index (χ1v) is 10.5. The molecule has 0 aliphatic carbocycles. The number of amides is 1. The van der Waals surface area contributed by atoms with Gasteiger partial charge in [-0.25, -0.2) is 14.3 Å². The summed E-state index contributed by atoms with van der Waals surface area (Å²) in [4.78, 5) is 12.1. The molecule has 0 atom stereocenters. The van der Waals surface area contributed by atoms with Crippen molar-refractivity contribution >= 4 is 28.3 Å². The molecule has 1 amide bonds. The molecule has 1 heterocycles. The molecule has 9 heteroatoms. The Morgan fingerprint density at radius 2 is 1.71 bits per heavy atom. The maximum atomic E-state index is 14.6. The van der Waals surface area contributed by atoms with Gasteiger partial charge in [-0.2, -0.15) is 0 Å². The molecule has 1 saturated heterocycles. The third-order valence-electron chi connectivity index (χ3n) is 4.93. The summed E-state index contributed by atoms with van der Waals surface area (Å²) in [5.74, 6) is -1.16. The Kier molecular flexibility index (Phi) is 6.44. The number of hydrogen-bond donors (Lipinski definition) is 3. The summed E-state index contributed by atoms with van der Waals surface area (Å²) in [6.07, 6.45) is 0.588. The number of benzene rings is 2. The first-order valence-electron chi connectivity index (χ1n) is 8.63. The van der Waals surface area contributed by atoms with E-state index < -0.39 is 33.9 Å². The SMILES string of the molecule is O=C(NO)C1(NCc2ccc(-c3ccc(Cl)cc3F)c(F)c2)CCS(=O)CC1. The van der Waals surface area contributed by atoms with Gasteiger partial charge in [0, 0.05) is 45.0 Å². The summed E-state index contributed by atoms with van der Waals surface area (Å²) in [7, 11) is -0.992. The molecule has 1 aliphatic heterocycles. The lowest BCUT2D eigenvalue weighted by molar-refractivity contribution is -0.136. The van der Waals surface area contributed by atoms with Crippen molar-refractivity contribution in [1.29, 1.82) is 0 Å². The minimum absolute atomic E-state index is 0.104. The Labute approximate surface area is 168 Å². The molecule has 5 nitrogen and oxygen atoms in total. The van der Waals surface area contributed by atoms with Gasteiger partial charge in [-0.3, -0.25) is 19.5 Å². The number of rotatable bonds is 5. The molecule has 0 saturated carbocycles. The highest BCUT2D eigenvalue weighted by atomic mass is 35.5. The van der Waals surface area contributed by atoms with Gasteiger partial charge >= 0.3 is 0 Å². The van der Waals surface area contributed by atoms with E-state index in [0.717, 1.165) is 6.07 Å². The third kappa shape index (κ3) is 4.41. The quantitative estimate of drug-likeness (QED) is 0.505. The second kappa shape index (κ2) is 8.65. The maximum Gasteiger partial charge on any atom is 0.263 e. The van der Waals surface area contributed by atoms with Gasteiger partial charge in [-0.15, -0.1) is 0 Å². The molecule has 2 aromatic carbocycles. The molecule has 1 aliphatic rings. The van der Waals surface area contributed by atoms with Crippen molar-refractivity contribution in [3.8, 4) is 11.1 Å². The van der Waals surface area contributed by atoms with E-state index in [2.05, 4.69) is 5.32 Å². The average molecular weight is 429 g/mol. The van der Waals surface area contributed by atoms with Crippen molar-refractivity contribution < 1.29 is 23.0 Å². The molecule has 150 valence electrons. The van der Waals surface area contributed by atoms with E-state index in [4.69, 9.17) is 16.8 Å². The van der Waals surface area contributed by atoms with E-state index in [1.807, 2.05) is 0 Å². The van der Waals surface area contributed by atoms with Crippen LogP contribution >= 0.6 is 11.6 Å². The standard InChI is InChI=1S/C19H19ClF2N2O3S/c20-13-2-4-15(17(22)10-13)14-3-1-12(9-16(14)21)11-23-19(18(25)24-26)5-7-28(27)8-6-19/h1-4,9-10,23,26H,5-8,11H2,(H,24,25). The number of hydroxylamine groups is 1. The summed E-state index contributed by atoms with van der Waals surface area (Å²) in [6.45, 7) is 0.153. The molecule has 3 rings (SSSR count). The summed E-state index contributed by atoms with van der Waals surface area (Å²) < 4.78 is 40.2. The van der Waals surface area contributed by atoms with E-state index in [9.17, 15) is 17.8 Å². The number of nitrogens with one attached hydrogen (secondary N) is 2. The third-order valence-corrected chi connectivity index (χ3v) is 6.49. The summed E-state index contributed by atoms with van der Waals surface area (Å²) >= 11 is 5.73. The van der Waals surface area contributed by atoms with Crippen LogP contribution in [0.4, 0.5) is 8.78 Å². The highest BCUT2D eigenvalue weighted by Gasteiger charge is 2.40. The molecule has 0 radical (unpaired) electrons. The minimum Gasteiger partial charge on any atom is -0.299 e. The molecule has 1 fully saturated rings. The van der Waals surface area contributed by atoms with Crippen molar-refractivity contribution in [3.63, 3.8) is 0 Å². The van der Waals surface area contributed by atoms with Crippen molar-refractivity contribution in [2.45, 2.75) is 24.9 Å². The molecule has 0 spiro atoms. The van der Waals surface area contributed by atoms with Crippen LogP contribution in [-0.4, -0.2) is 32.4 Å². The Hall–Kier alpha value is -1.87. The smallest absolute Gasteiger partial charge is 0.263 e. The van der Waals surface area contributed by atoms with E-state index >= 15 is 0 Å². The predicted molar refractivity (Wildman–Crippen MR) is 103 cm³/mol. The highest BCUT2D eigenvalue weighted by molar-refractivity contribution is 7.85. The van der Waals surface area contributed by atoms with Gasteiger partial charge in [0.05, 0.1) is 0 Å². The van der Waals surface area contributed by atoms with Crippen LogP contribution in [0.25, 0.3) is 11.1 Å². The average Bonchev–Trinajstić information content (AvgIpc) is 2.68. The second-order valence-corrected chi connectivity index (χ2v) is 8.80. The van der Waals surface area contributed by atoms with Gasteiger partial charge in [0.1, 0.15) is 17.2 Å². The van der Waals surface area contributed by atoms with Gasteiger partial charge in [0.15, 0.2) is 0 Å². The summed E-state index contributed by atoms with van der Waals surface area (Å²) in [6, 6.07) is 8.38. The number of carbonyl (C=O) groups excluding carboxylic acids is 1. The van der Waals surface area contributed by atoms with Crippen LogP contribution in [0, 0.1) is 11.6 Å². The van der Waals surface area contributed by atoms with Gasteiger partial charge in [-0.1, -0.05) is 23.7 Å². The van der Waals surface area contributed by atoms with E-state index in [0.29, 0.717) is 29.9 Å². The van der Waals surface area contributed by atoms with Gasteiger partial charge in [0.25, 0.3) is 5.91 Å². The Morgan fingerprint density at radius 1 is 1.11 bits per heavy atom.